The van der Waals surface area contributed by atoms with Gasteiger partial charge in [0.15, 0.2) is 0 Å². The van der Waals surface area contributed by atoms with Crippen molar-refractivity contribution < 1.29 is 39.5 Å². The molecule has 0 spiro atoms. The molecule has 2 radical (unpaired) electrons. The number of aromatic hydroxyl groups is 1. The molecule has 0 aliphatic carbocycles. The topological polar surface area (TPSA) is 200 Å². The molecule has 12 nitrogen and oxygen atoms in total. The zero-order chi connectivity index (χ0) is 27.9. The fourth-order valence-electron chi connectivity index (χ4n) is 3.51. The number of phenols is 1. The maximum Gasteiger partial charge on any atom is 0.295 e. The Hall–Kier alpha value is -1.89. The summed E-state index contributed by atoms with van der Waals surface area (Å²) in [5.41, 5.74) is 0.419. The van der Waals surface area contributed by atoms with Crippen LogP contribution in [0.5, 0.6) is 5.75 Å². The van der Waals surface area contributed by atoms with E-state index >= 15 is 0 Å². The average Bonchev–Trinajstić information content (AvgIpc) is 2.82. The SMILES string of the molecule is Cc1ccc(S(=O)(=O)Nc2ccccc2)cc1N=Nc1c(O)ccc2cc(S(=O)(=O)O)cc(S(=O)(=O)O)c12.[Na].[Na]. The summed E-state index contributed by atoms with van der Waals surface area (Å²) in [7, 11) is -13.9. The molecule has 0 aliphatic heterocycles. The van der Waals surface area contributed by atoms with Crippen molar-refractivity contribution in [3.05, 3.63) is 78.4 Å². The monoisotopic (exact) mass is 623 g/mol. The number of rotatable bonds is 7. The van der Waals surface area contributed by atoms with Crippen molar-refractivity contribution in [1.82, 2.24) is 0 Å². The summed E-state index contributed by atoms with van der Waals surface area (Å²) in [6.07, 6.45) is 0. The van der Waals surface area contributed by atoms with Crippen LogP contribution < -0.4 is 4.72 Å². The van der Waals surface area contributed by atoms with Crippen LogP contribution in [-0.4, -0.2) is 98.6 Å². The Balaban J connectivity index is 0.00000280. The summed E-state index contributed by atoms with van der Waals surface area (Å²) in [6.45, 7) is 1.61. The van der Waals surface area contributed by atoms with E-state index in [2.05, 4.69) is 15.0 Å². The molecule has 0 amide bonds. The van der Waals surface area contributed by atoms with Crippen LogP contribution in [0.1, 0.15) is 5.56 Å². The molecule has 17 heteroatoms. The quantitative estimate of drug-likeness (QED) is 0.134. The maximum absolute atomic E-state index is 12.8. The number of phenolic OH excluding ortho intramolecular Hbond substituents is 1. The number of hydrogen-bond donors (Lipinski definition) is 4. The molecule has 0 atom stereocenters. The van der Waals surface area contributed by atoms with E-state index in [0.29, 0.717) is 17.3 Å². The molecule has 4 N–H and O–H groups in total. The van der Waals surface area contributed by atoms with Crippen LogP contribution in [-0.2, 0) is 30.3 Å². The van der Waals surface area contributed by atoms with E-state index in [9.17, 15) is 39.5 Å². The summed E-state index contributed by atoms with van der Waals surface area (Å²) in [5.74, 6) is -0.571. The normalized spacial score (nSPS) is 12.1. The molecule has 0 bridgehead atoms. The van der Waals surface area contributed by atoms with Crippen molar-refractivity contribution in [3.8, 4) is 5.75 Å². The summed E-state index contributed by atoms with van der Waals surface area (Å²) >= 11 is 0. The predicted molar refractivity (Wildman–Crippen MR) is 149 cm³/mol. The maximum atomic E-state index is 12.8. The molecular formula is C23H19N3Na2O9S3. The fraction of sp³-hybridized carbons (Fsp3) is 0.0435. The second-order valence-corrected chi connectivity index (χ2v) is 12.5. The number of nitrogens with one attached hydrogen (secondary N) is 1. The van der Waals surface area contributed by atoms with Gasteiger partial charge in [-0.05, 0) is 60.3 Å². The molecule has 0 aromatic heterocycles. The van der Waals surface area contributed by atoms with Crippen molar-refractivity contribution in [1.29, 1.82) is 0 Å². The minimum Gasteiger partial charge on any atom is -0.506 e. The van der Waals surface area contributed by atoms with Gasteiger partial charge in [0.05, 0.1) is 15.5 Å². The number of benzene rings is 4. The third-order valence-corrected chi connectivity index (χ3v) is 8.44. The molecular weight excluding hydrogens is 604 g/mol. The number of aryl methyl sites for hydroxylation is 1. The smallest absolute Gasteiger partial charge is 0.295 e. The van der Waals surface area contributed by atoms with Gasteiger partial charge in [-0.25, -0.2) is 8.42 Å². The van der Waals surface area contributed by atoms with Crippen LogP contribution in [0.2, 0.25) is 0 Å². The fourth-order valence-corrected chi connectivity index (χ4v) is 5.96. The Morgan fingerprint density at radius 3 is 1.98 bits per heavy atom. The van der Waals surface area contributed by atoms with Gasteiger partial charge in [-0.15, -0.1) is 5.11 Å². The molecule has 0 unspecified atom stereocenters. The van der Waals surface area contributed by atoms with E-state index in [4.69, 9.17) is 0 Å². The Labute approximate surface area is 274 Å². The number of hydrogen-bond acceptors (Lipinski definition) is 9. The van der Waals surface area contributed by atoms with Gasteiger partial charge in [-0.3, -0.25) is 13.8 Å². The summed E-state index contributed by atoms with van der Waals surface area (Å²) in [4.78, 5) is -1.92. The molecule has 0 aliphatic rings. The number of anilines is 1. The number of fused-ring (bicyclic) bond motifs is 1. The zero-order valence-electron chi connectivity index (χ0n) is 21.3. The van der Waals surface area contributed by atoms with Gasteiger partial charge < -0.3 is 5.11 Å². The molecule has 4 rings (SSSR count). The first-order valence-electron chi connectivity index (χ1n) is 10.5. The van der Waals surface area contributed by atoms with Gasteiger partial charge in [0.1, 0.15) is 16.3 Å². The van der Waals surface area contributed by atoms with Gasteiger partial charge in [0.25, 0.3) is 30.3 Å². The van der Waals surface area contributed by atoms with E-state index in [-0.39, 0.29) is 80.5 Å². The molecule has 40 heavy (non-hydrogen) atoms. The first-order valence-corrected chi connectivity index (χ1v) is 14.9. The van der Waals surface area contributed by atoms with Crippen LogP contribution >= 0.6 is 0 Å². The van der Waals surface area contributed by atoms with Gasteiger partial charge in [0.2, 0.25) is 0 Å². The van der Waals surface area contributed by atoms with Gasteiger partial charge >= 0.3 is 0 Å². The summed E-state index contributed by atoms with van der Waals surface area (Å²) in [5, 5.41) is 17.8. The minimum atomic E-state index is -5.07. The minimum absolute atomic E-state index is 0. The Morgan fingerprint density at radius 2 is 1.38 bits per heavy atom. The van der Waals surface area contributed by atoms with E-state index in [1.165, 1.54) is 18.2 Å². The van der Waals surface area contributed by atoms with Gasteiger partial charge in [-0.1, -0.05) is 30.3 Å². The second-order valence-electron chi connectivity index (χ2n) is 8.02. The molecule has 4 aromatic carbocycles. The number of nitrogens with zero attached hydrogens (tertiary/aromatic N) is 2. The zero-order valence-corrected chi connectivity index (χ0v) is 27.8. The molecule has 0 fully saturated rings. The average molecular weight is 624 g/mol. The standard InChI is InChI=1S/C23H19N3O9S3.2Na/c1-14-7-9-17(36(28,29)26-16-5-3-2-4-6-16)12-19(14)24-25-23-20(27)10-8-15-11-18(37(30,31)32)13-21(22(15)23)38(33,34)35;;/h2-13,26-27H,1H3,(H,30,31,32)(H,33,34,35);;. The van der Waals surface area contributed by atoms with Crippen molar-refractivity contribution in [3.63, 3.8) is 0 Å². The van der Waals surface area contributed by atoms with E-state index < -0.39 is 51.5 Å². The van der Waals surface area contributed by atoms with E-state index in [1.807, 2.05) is 0 Å². The number of sulfonamides is 1. The van der Waals surface area contributed by atoms with Crippen molar-refractivity contribution in [2.75, 3.05) is 4.72 Å². The van der Waals surface area contributed by atoms with E-state index in [1.54, 1.807) is 37.3 Å². The van der Waals surface area contributed by atoms with Gasteiger partial charge in [0, 0.05) is 70.2 Å². The summed E-state index contributed by atoms with van der Waals surface area (Å²) < 4.78 is 94.6. The Kier molecular flexibility index (Phi) is 11.1. The predicted octanol–water partition coefficient (Wildman–Crippen LogP) is 3.80. The Morgan fingerprint density at radius 1 is 0.725 bits per heavy atom. The van der Waals surface area contributed by atoms with Crippen LogP contribution in [0.15, 0.2) is 97.7 Å². The van der Waals surface area contributed by atoms with Crippen LogP contribution in [0.3, 0.4) is 0 Å². The van der Waals surface area contributed by atoms with Crippen molar-refractivity contribution >= 4 is 117 Å². The first kappa shape index (κ1) is 34.3. The van der Waals surface area contributed by atoms with E-state index in [0.717, 1.165) is 18.2 Å². The molecule has 0 heterocycles. The van der Waals surface area contributed by atoms with Crippen LogP contribution in [0, 0.1) is 6.92 Å². The third-order valence-electron chi connectivity index (χ3n) is 5.36. The molecule has 4 aromatic rings. The molecule has 0 saturated carbocycles. The van der Waals surface area contributed by atoms with Crippen molar-refractivity contribution in [2.45, 2.75) is 21.6 Å². The van der Waals surface area contributed by atoms with Gasteiger partial charge in [-0.2, -0.15) is 21.9 Å². The summed E-state index contributed by atoms with van der Waals surface area (Å²) in [6, 6.07) is 15.9. The Bertz CT molecular complexity index is 1930. The van der Waals surface area contributed by atoms with Crippen LogP contribution in [0.25, 0.3) is 10.8 Å². The molecule has 0 saturated heterocycles. The third kappa shape index (κ3) is 7.68. The largest absolute Gasteiger partial charge is 0.506 e. The number of para-hydroxylation sites is 1. The van der Waals surface area contributed by atoms with Crippen LogP contribution in [0.4, 0.5) is 17.1 Å². The number of azo groups is 1. The first-order chi connectivity index (χ1) is 17.7. The molecule has 200 valence electrons. The van der Waals surface area contributed by atoms with Crippen molar-refractivity contribution in [2.24, 2.45) is 10.2 Å². The second kappa shape index (κ2) is 13.0.